The van der Waals surface area contributed by atoms with Gasteiger partial charge in [-0.2, -0.15) is 0 Å². The Morgan fingerprint density at radius 2 is 2.12 bits per heavy atom. The Balaban J connectivity index is 2.90. The quantitative estimate of drug-likeness (QED) is 0.693. The number of hydrogen-bond acceptors (Lipinski definition) is 4. The molecule has 5 heteroatoms. The van der Waals surface area contributed by atoms with Crippen molar-refractivity contribution in [2.75, 3.05) is 20.7 Å². The summed E-state index contributed by atoms with van der Waals surface area (Å²) in [4.78, 5) is 0. The summed E-state index contributed by atoms with van der Waals surface area (Å²) in [6.07, 6.45) is -2.00. The largest absolute Gasteiger partial charge is 0.496 e. The highest BCUT2D eigenvalue weighted by Crippen LogP contribution is 2.30. The van der Waals surface area contributed by atoms with Gasteiger partial charge in [0.25, 0.3) is 0 Å². The molecule has 0 radical (unpaired) electrons. The second-order valence-electron chi connectivity index (χ2n) is 3.76. The highest BCUT2D eigenvalue weighted by atomic mass is 19.1. The summed E-state index contributed by atoms with van der Waals surface area (Å²) in [5.41, 5.74) is -0.00129. The number of ether oxygens (including phenoxy) is 1. The van der Waals surface area contributed by atoms with Crippen molar-refractivity contribution in [1.82, 2.24) is 5.32 Å². The van der Waals surface area contributed by atoms with Gasteiger partial charge < -0.3 is 20.3 Å². The smallest absolute Gasteiger partial charge is 0.132 e. The first-order valence-electron chi connectivity index (χ1n) is 5.45. The minimum absolute atomic E-state index is 0.00129. The molecule has 1 aromatic rings. The van der Waals surface area contributed by atoms with E-state index >= 15 is 0 Å². The molecule has 3 N–H and O–H groups in total. The van der Waals surface area contributed by atoms with Crippen molar-refractivity contribution in [1.29, 1.82) is 0 Å². The van der Waals surface area contributed by atoms with Gasteiger partial charge in [-0.3, -0.25) is 0 Å². The number of halogens is 1. The zero-order chi connectivity index (χ0) is 12.8. The van der Waals surface area contributed by atoms with E-state index in [0.717, 1.165) is 0 Å². The average Bonchev–Trinajstić information content (AvgIpc) is 2.34. The third-order valence-electron chi connectivity index (χ3n) is 2.58. The predicted octanol–water partition coefficient (Wildman–Crippen LogP) is 0.838. The summed E-state index contributed by atoms with van der Waals surface area (Å²) >= 11 is 0. The lowest BCUT2D eigenvalue weighted by atomic mass is 10.0. The fourth-order valence-corrected chi connectivity index (χ4v) is 1.62. The Morgan fingerprint density at radius 1 is 1.41 bits per heavy atom. The average molecular weight is 243 g/mol. The molecule has 0 heterocycles. The molecule has 0 aliphatic carbocycles. The molecule has 2 atom stereocenters. The maximum Gasteiger partial charge on any atom is 0.132 e. The van der Waals surface area contributed by atoms with Gasteiger partial charge in [0.05, 0.1) is 18.8 Å². The Labute approximate surface area is 100 Å². The number of aliphatic hydroxyl groups is 2. The lowest BCUT2D eigenvalue weighted by Crippen LogP contribution is -2.24. The van der Waals surface area contributed by atoms with Gasteiger partial charge in [0.15, 0.2) is 0 Å². The molecule has 1 aromatic carbocycles. The molecule has 0 amide bonds. The summed E-state index contributed by atoms with van der Waals surface area (Å²) in [5, 5.41) is 22.5. The van der Waals surface area contributed by atoms with Crippen molar-refractivity contribution in [2.45, 2.75) is 18.6 Å². The van der Waals surface area contributed by atoms with Crippen LogP contribution in [0.5, 0.6) is 5.75 Å². The van der Waals surface area contributed by atoms with Crippen molar-refractivity contribution in [2.24, 2.45) is 0 Å². The van der Waals surface area contributed by atoms with E-state index in [9.17, 15) is 14.6 Å². The number of benzene rings is 1. The molecule has 0 aliphatic heterocycles. The normalized spacial score (nSPS) is 14.4. The zero-order valence-corrected chi connectivity index (χ0v) is 9.98. The van der Waals surface area contributed by atoms with Gasteiger partial charge in [-0.05, 0) is 32.1 Å². The molecule has 1 rings (SSSR count). The number of rotatable bonds is 6. The van der Waals surface area contributed by atoms with Crippen LogP contribution in [0.25, 0.3) is 0 Å². The van der Waals surface area contributed by atoms with Crippen LogP contribution in [0.3, 0.4) is 0 Å². The van der Waals surface area contributed by atoms with Gasteiger partial charge >= 0.3 is 0 Å². The van der Waals surface area contributed by atoms with Crippen molar-refractivity contribution in [3.8, 4) is 5.75 Å². The molecule has 4 nitrogen and oxygen atoms in total. The van der Waals surface area contributed by atoms with Crippen molar-refractivity contribution in [3.05, 3.63) is 29.6 Å². The van der Waals surface area contributed by atoms with Crippen LogP contribution in [-0.4, -0.2) is 37.0 Å². The van der Waals surface area contributed by atoms with Crippen LogP contribution in [0.15, 0.2) is 18.2 Å². The van der Waals surface area contributed by atoms with E-state index in [-0.39, 0.29) is 11.3 Å². The topological polar surface area (TPSA) is 61.7 Å². The SMILES string of the molecule is CNCCC(O)C(O)c1c(F)cccc1OC. The summed E-state index contributed by atoms with van der Waals surface area (Å²) in [5.74, 6) is -0.346. The Bertz CT molecular complexity index is 360. The third-order valence-corrected chi connectivity index (χ3v) is 2.58. The minimum atomic E-state index is -1.29. The fourth-order valence-electron chi connectivity index (χ4n) is 1.62. The zero-order valence-electron chi connectivity index (χ0n) is 9.98. The molecule has 0 saturated carbocycles. The van der Waals surface area contributed by atoms with Crippen LogP contribution < -0.4 is 10.1 Å². The molecular weight excluding hydrogens is 225 g/mol. The lowest BCUT2D eigenvalue weighted by Gasteiger charge is -2.20. The molecule has 0 aliphatic rings. The summed E-state index contributed by atoms with van der Waals surface area (Å²) < 4.78 is 18.6. The van der Waals surface area contributed by atoms with Crippen LogP contribution in [0.1, 0.15) is 18.1 Å². The van der Waals surface area contributed by atoms with Crippen molar-refractivity contribution < 1.29 is 19.3 Å². The molecule has 2 unspecified atom stereocenters. The lowest BCUT2D eigenvalue weighted by molar-refractivity contribution is 0.0106. The van der Waals surface area contributed by atoms with Crippen LogP contribution in [0.2, 0.25) is 0 Å². The van der Waals surface area contributed by atoms with E-state index in [4.69, 9.17) is 4.74 Å². The molecule has 0 fully saturated rings. The van der Waals surface area contributed by atoms with Crippen LogP contribution in [-0.2, 0) is 0 Å². The van der Waals surface area contributed by atoms with E-state index in [2.05, 4.69) is 5.32 Å². The first-order chi connectivity index (χ1) is 8.11. The Hall–Kier alpha value is -1.17. The monoisotopic (exact) mass is 243 g/mol. The number of nitrogens with one attached hydrogen (secondary N) is 1. The molecule has 0 bridgehead atoms. The summed E-state index contributed by atoms with van der Waals surface area (Å²) in [7, 11) is 3.13. The van der Waals surface area contributed by atoms with Crippen LogP contribution in [0.4, 0.5) is 4.39 Å². The first kappa shape index (κ1) is 13.9. The number of aliphatic hydroxyl groups excluding tert-OH is 2. The van der Waals surface area contributed by atoms with Gasteiger partial charge in [0.1, 0.15) is 17.7 Å². The van der Waals surface area contributed by atoms with E-state index < -0.39 is 18.0 Å². The van der Waals surface area contributed by atoms with Crippen molar-refractivity contribution >= 4 is 0 Å². The molecule has 17 heavy (non-hydrogen) atoms. The Kier molecular flexibility index (Phi) is 5.34. The third kappa shape index (κ3) is 3.39. The minimum Gasteiger partial charge on any atom is -0.496 e. The second kappa shape index (κ2) is 6.54. The van der Waals surface area contributed by atoms with E-state index in [1.54, 1.807) is 13.1 Å². The Morgan fingerprint density at radius 3 is 2.71 bits per heavy atom. The van der Waals surface area contributed by atoms with Crippen LogP contribution >= 0.6 is 0 Å². The van der Waals surface area contributed by atoms with Crippen molar-refractivity contribution in [3.63, 3.8) is 0 Å². The van der Waals surface area contributed by atoms with E-state index in [1.165, 1.54) is 19.2 Å². The summed E-state index contributed by atoms with van der Waals surface area (Å²) in [6.45, 7) is 0.537. The first-order valence-corrected chi connectivity index (χ1v) is 5.45. The maximum absolute atomic E-state index is 13.6. The second-order valence-corrected chi connectivity index (χ2v) is 3.76. The molecule has 0 saturated heterocycles. The summed E-state index contributed by atoms with van der Waals surface area (Å²) in [6, 6.07) is 4.27. The van der Waals surface area contributed by atoms with Gasteiger partial charge in [-0.15, -0.1) is 0 Å². The highest BCUT2D eigenvalue weighted by Gasteiger charge is 2.24. The van der Waals surface area contributed by atoms with E-state index in [1.807, 2.05) is 0 Å². The predicted molar refractivity (Wildman–Crippen MR) is 62.5 cm³/mol. The molecule has 0 aromatic heterocycles. The maximum atomic E-state index is 13.6. The van der Waals surface area contributed by atoms with Gasteiger partial charge in [0, 0.05) is 0 Å². The molecular formula is C12H18FNO3. The van der Waals surface area contributed by atoms with E-state index in [0.29, 0.717) is 13.0 Å². The van der Waals surface area contributed by atoms with Crippen LogP contribution in [0, 0.1) is 5.82 Å². The van der Waals surface area contributed by atoms with Gasteiger partial charge in [0.2, 0.25) is 0 Å². The number of hydrogen-bond donors (Lipinski definition) is 3. The van der Waals surface area contributed by atoms with Gasteiger partial charge in [-0.1, -0.05) is 6.07 Å². The van der Waals surface area contributed by atoms with Gasteiger partial charge in [-0.25, -0.2) is 4.39 Å². The molecule has 96 valence electrons. The molecule has 0 spiro atoms. The number of methoxy groups -OCH3 is 1. The highest BCUT2D eigenvalue weighted by molar-refractivity contribution is 5.36. The fraction of sp³-hybridized carbons (Fsp3) is 0.500. The standard InChI is InChI=1S/C12H18FNO3/c1-14-7-6-9(15)12(16)11-8(13)4-3-5-10(11)17-2/h3-5,9,12,14-16H,6-7H2,1-2H3.